The Kier molecular flexibility index (Phi) is 2.91. The SMILES string of the molecule is CC(C(F)F)n1nnnc1CCl. The minimum absolute atomic E-state index is 0.0318. The molecule has 0 bridgehead atoms. The van der Waals surface area contributed by atoms with Gasteiger partial charge in [0.1, 0.15) is 6.04 Å². The Morgan fingerprint density at radius 3 is 2.75 bits per heavy atom. The van der Waals surface area contributed by atoms with Gasteiger partial charge in [-0.25, -0.2) is 13.5 Å². The Balaban J connectivity index is 2.86. The number of aromatic nitrogens is 4. The molecule has 1 rings (SSSR count). The normalized spacial score (nSPS) is 13.8. The Labute approximate surface area is 72.5 Å². The minimum atomic E-state index is -2.49. The van der Waals surface area contributed by atoms with E-state index in [4.69, 9.17) is 11.6 Å². The lowest BCUT2D eigenvalue weighted by atomic mass is 10.3. The number of tetrazole rings is 1. The molecule has 12 heavy (non-hydrogen) atoms. The van der Waals surface area contributed by atoms with Gasteiger partial charge in [-0.15, -0.1) is 16.7 Å². The molecule has 1 aromatic heterocycles. The highest BCUT2D eigenvalue weighted by molar-refractivity contribution is 6.16. The van der Waals surface area contributed by atoms with E-state index >= 15 is 0 Å². The van der Waals surface area contributed by atoms with Gasteiger partial charge < -0.3 is 0 Å². The van der Waals surface area contributed by atoms with Crippen LogP contribution in [0.4, 0.5) is 8.78 Å². The highest BCUT2D eigenvalue weighted by Crippen LogP contribution is 2.15. The summed E-state index contributed by atoms with van der Waals surface area (Å²) in [6.45, 7) is 1.33. The van der Waals surface area contributed by atoms with E-state index in [-0.39, 0.29) is 11.7 Å². The maximum Gasteiger partial charge on any atom is 0.260 e. The molecule has 1 aromatic rings. The monoisotopic (exact) mass is 196 g/mol. The summed E-state index contributed by atoms with van der Waals surface area (Å²) in [5.74, 6) is 0.286. The lowest BCUT2D eigenvalue weighted by Crippen LogP contribution is -2.17. The first-order valence-corrected chi connectivity index (χ1v) is 3.81. The second kappa shape index (κ2) is 3.75. The highest BCUT2D eigenvalue weighted by Gasteiger charge is 2.20. The van der Waals surface area contributed by atoms with Gasteiger partial charge in [0.15, 0.2) is 5.82 Å². The van der Waals surface area contributed by atoms with Crippen LogP contribution in [0.25, 0.3) is 0 Å². The van der Waals surface area contributed by atoms with Gasteiger partial charge in [-0.3, -0.25) is 0 Å². The molecule has 0 saturated carbocycles. The number of hydrogen-bond acceptors (Lipinski definition) is 3. The number of nitrogens with zero attached hydrogens (tertiary/aromatic N) is 4. The van der Waals surface area contributed by atoms with Crippen molar-refractivity contribution < 1.29 is 8.78 Å². The van der Waals surface area contributed by atoms with Crippen molar-refractivity contribution >= 4 is 11.6 Å². The predicted molar refractivity (Wildman–Crippen MR) is 38.1 cm³/mol. The van der Waals surface area contributed by atoms with Gasteiger partial charge in [-0.1, -0.05) is 0 Å². The quantitative estimate of drug-likeness (QED) is 0.684. The van der Waals surface area contributed by atoms with Crippen LogP contribution in [-0.2, 0) is 5.88 Å². The minimum Gasteiger partial charge on any atom is -0.220 e. The molecule has 0 amide bonds. The van der Waals surface area contributed by atoms with Crippen LogP contribution in [0.2, 0.25) is 0 Å². The summed E-state index contributed by atoms with van der Waals surface area (Å²) in [5.41, 5.74) is 0. The van der Waals surface area contributed by atoms with Crippen LogP contribution in [0.15, 0.2) is 0 Å². The third-order valence-corrected chi connectivity index (χ3v) is 1.67. The summed E-state index contributed by atoms with van der Waals surface area (Å²) >= 11 is 5.41. The Morgan fingerprint density at radius 1 is 1.58 bits per heavy atom. The Bertz CT molecular complexity index is 251. The lowest BCUT2D eigenvalue weighted by molar-refractivity contribution is 0.0832. The first-order valence-electron chi connectivity index (χ1n) is 3.27. The largest absolute Gasteiger partial charge is 0.260 e. The molecule has 0 N–H and O–H groups in total. The molecule has 1 atom stereocenters. The summed E-state index contributed by atoms with van der Waals surface area (Å²) in [6, 6.07) is -1.03. The summed E-state index contributed by atoms with van der Waals surface area (Å²) in [5, 5.41) is 10.1. The van der Waals surface area contributed by atoms with Crippen molar-refractivity contribution in [3.8, 4) is 0 Å². The number of halogens is 3. The highest BCUT2D eigenvalue weighted by atomic mass is 35.5. The maximum atomic E-state index is 12.1. The van der Waals surface area contributed by atoms with Gasteiger partial charge in [0, 0.05) is 0 Å². The summed E-state index contributed by atoms with van der Waals surface area (Å²) in [4.78, 5) is 0. The molecular formula is C5H7ClF2N4. The van der Waals surface area contributed by atoms with Crippen LogP contribution < -0.4 is 0 Å². The molecule has 7 heteroatoms. The van der Waals surface area contributed by atoms with Crippen LogP contribution in [0.5, 0.6) is 0 Å². The third kappa shape index (κ3) is 1.69. The molecule has 1 heterocycles. The van der Waals surface area contributed by atoms with Gasteiger partial charge in [-0.05, 0) is 17.4 Å². The van der Waals surface area contributed by atoms with Crippen molar-refractivity contribution in [1.82, 2.24) is 20.2 Å². The van der Waals surface area contributed by atoms with E-state index in [0.717, 1.165) is 4.68 Å². The maximum absolute atomic E-state index is 12.1. The summed E-state index contributed by atoms with van der Waals surface area (Å²) in [7, 11) is 0. The fourth-order valence-corrected chi connectivity index (χ4v) is 0.899. The van der Waals surface area contributed by atoms with E-state index in [1.807, 2.05) is 0 Å². The van der Waals surface area contributed by atoms with E-state index in [9.17, 15) is 8.78 Å². The average molecular weight is 197 g/mol. The topological polar surface area (TPSA) is 43.6 Å². The van der Waals surface area contributed by atoms with Crippen molar-refractivity contribution in [1.29, 1.82) is 0 Å². The molecule has 0 aliphatic rings. The molecule has 4 nitrogen and oxygen atoms in total. The van der Waals surface area contributed by atoms with Crippen molar-refractivity contribution in [2.75, 3.05) is 0 Å². The summed E-state index contributed by atoms with van der Waals surface area (Å²) < 4.78 is 25.3. The zero-order valence-electron chi connectivity index (χ0n) is 6.28. The van der Waals surface area contributed by atoms with E-state index in [0.29, 0.717) is 0 Å². The average Bonchev–Trinajstić information content (AvgIpc) is 2.49. The molecule has 0 saturated heterocycles. The van der Waals surface area contributed by atoms with Crippen molar-refractivity contribution in [3.05, 3.63) is 5.82 Å². The fourth-order valence-electron chi connectivity index (χ4n) is 0.723. The first-order chi connectivity index (χ1) is 5.66. The zero-order chi connectivity index (χ0) is 9.14. The third-order valence-electron chi connectivity index (χ3n) is 1.43. The number of alkyl halides is 3. The van der Waals surface area contributed by atoms with Gasteiger partial charge in [0.2, 0.25) is 0 Å². The fraction of sp³-hybridized carbons (Fsp3) is 0.800. The second-order valence-electron chi connectivity index (χ2n) is 2.25. The molecule has 0 fully saturated rings. The molecule has 1 unspecified atom stereocenters. The van der Waals surface area contributed by atoms with Crippen LogP contribution in [0.1, 0.15) is 18.8 Å². The first kappa shape index (κ1) is 9.31. The second-order valence-corrected chi connectivity index (χ2v) is 2.52. The molecule has 0 spiro atoms. The molecule has 0 aromatic carbocycles. The Hall–Kier alpha value is -0.780. The van der Waals surface area contributed by atoms with E-state index in [1.165, 1.54) is 6.92 Å². The van der Waals surface area contributed by atoms with Crippen molar-refractivity contribution in [2.45, 2.75) is 25.3 Å². The lowest BCUT2D eigenvalue weighted by Gasteiger charge is -2.10. The van der Waals surface area contributed by atoms with Gasteiger partial charge in [-0.2, -0.15) is 0 Å². The molecule has 0 radical (unpaired) electrons. The number of hydrogen-bond donors (Lipinski definition) is 0. The van der Waals surface area contributed by atoms with E-state index in [1.54, 1.807) is 0 Å². The van der Waals surface area contributed by atoms with Crippen molar-refractivity contribution in [2.24, 2.45) is 0 Å². The van der Waals surface area contributed by atoms with Crippen LogP contribution >= 0.6 is 11.6 Å². The molecule has 0 aliphatic heterocycles. The Morgan fingerprint density at radius 2 is 2.25 bits per heavy atom. The molecular weight excluding hydrogens is 190 g/mol. The van der Waals surface area contributed by atoms with Crippen LogP contribution in [-0.4, -0.2) is 26.6 Å². The van der Waals surface area contributed by atoms with Crippen LogP contribution in [0, 0.1) is 0 Å². The van der Waals surface area contributed by atoms with Crippen LogP contribution in [0.3, 0.4) is 0 Å². The van der Waals surface area contributed by atoms with E-state index in [2.05, 4.69) is 15.5 Å². The van der Waals surface area contributed by atoms with E-state index < -0.39 is 12.5 Å². The van der Waals surface area contributed by atoms with Crippen molar-refractivity contribution in [3.63, 3.8) is 0 Å². The number of rotatable bonds is 3. The zero-order valence-corrected chi connectivity index (χ0v) is 7.04. The molecule has 0 aliphatic carbocycles. The predicted octanol–water partition coefficient (Wildman–Crippen LogP) is 1.24. The molecule has 68 valence electrons. The van der Waals surface area contributed by atoms with Gasteiger partial charge in [0.05, 0.1) is 5.88 Å². The van der Waals surface area contributed by atoms with Gasteiger partial charge >= 0.3 is 0 Å². The smallest absolute Gasteiger partial charge is 0.220 e. The van der Waals surface area contributed by atoms with Gasteiger partial charge in [0.25, 0.3) is 6.43 Å². The summed E-state index contributed by atoms with van der Waals surface area (Å²) in [6.07, 6.45) is -2.49. The standard InChI is InChI=1S/C5H7ClF2N4/c1-3(5(7)8)12-4(2-6)9-10-11-12/h3,5H,2H2,1H3.